The van der Waals surface area contributed by atoms with Gasteiger partial charge in [0, 0.05) is 18.2 Å². The highest BCUT2D eigenvalue weighted by molar-refractivity contribution is 5.59. The highest BCUT2D eigenvalue weighted by Crippen LogP contribution is 2.28. The van der Waals surface area contributed by atoms with E-state index in [0.717, 1.165) is 23.7 Å². The van der Waals surface area contributed by atoms with E-state index in [4.69, 9.17) is 5.11 Å². The number of nitrogens with zero attached hydrogens (tertiary/aromatic N) is 2. The monoisotopic (exact) mass is 238 g/mol. The van der Waals surface area contributed by atoms with Crippen LogP contribution in [0.5, 0.6) is 0 Å². The number of hydrogen-bond acceptors (Lipinski definition) is 5. The minimum absolute atomic E-state index is 0.0168. The second-order valence-corrected chi connectivity index (χ2v) is 4.40. The van der Waals surface area contributed by atoms with Crippen LogP contribution in [0, 0.1) is 0 Å². The number of nitrogens with one attached hydrogen (secondary N) is 2. The van der Waals surface area contributed by atoms with Crippen molar-refractivity contribution in [2.75, 3.05) is 23.8 Å². The Labute approximate surface area is 103 Å². The summed E-state index contributed by atoms with van der Waals surface area (Å²) in [5, 5.41) is 15.5. The van der Waals surface area contributed by atoms with Crippen LogP contribution in [0.4, 0.5) is 11.6 Å². The maximum atomic E-state index is 9.08. The van der Waals surface area contributed by atoms with E-state index in [-0.39, 0.29) is 12.6 Å². The van der Waals surface area contributed by atoms with Crippen LogP contribution in [0.3, 0.4) is 0 Å². The molecule has 0 radical (unpaired) electrons. The van der Waals surface area contributed by atoms with Crippen LogP contribution in [0.2, 0.25) is 0 Å². The third-order valence-electron chi connectivity index (χ3n) is 2.46. The number of aliphatic hydroxyl groups excluding tert-OH is 1. The number of aromatic nitrogens is 2. The van der Waals surface area contributed by atoms with Crippen molar-refractivity contribution in [1.82, 2.24) is 9.97 Å². The second kappa shape index (κ2) is 6.39. The van der Waals surface area contributed by atoms with E-state index < -0.39 is 0 Å². The summed E-state index contributed by atoms with van der Waals surface area (Å²) in [6.45, 7) is 9.07. The topological polar surface area (TPSA) is 70.1 Å². The molecule has 0 aliphatic carbocycles. The zero-order chi connectivity index (χ0) is 12.8. The third kappa shape index (κ3) is 3.56. The first kappa shape index (κ1) is 13.7. The molecule has 0 amide bonds. The van der Waals surface area contributed by atoms with Gasteiger partial charge in [0.2, 0.25) is 0 Å². The van der Waals surface area contributed by atoms with Crippen LogP contribution in [0.15, 0.2) is 6.33 Å². The summed E-state index contributed by atoms with van der Waals surface area (Å²) in [5.74, 6) is 1.98. The molecular formula is C12H22N4O. The molecule has 0 bridgehead atoms. The van der Waals surface area contributed by atoms with Crippen molar-refractivity contribution < 1.29 is 5.11 Å². The first-order valence-electron chi connectivity index (χ1n) is 6.06. The maximum Gasteiger partial charge on any atom is 0.135 e. The van der Waals surface area contributed by atoms with Gasteiger partial charge in [0.1, 0.15) is 18.0 Å². The molecule has 0 saturated heterocycles. The van der Waals surface area contributed by atoms with Gasteiger partial charge in [-0.2, -0.15) is 0 Å². The Kier molecular flexibility index (Phi) is 5.15. The summed E-state index contributed by atoms with van der Waals surface area (Å²) < 4.78 is 0. The van der Waals surface area contributed by atoms with Crippen molar-refractivity contribution in [3.05, 3.63) is 11.9 Å². The van der Waals surface area contributed by atoms with Gasteiger partial charge in [0.15, 0.2) is 0 Å². The van der Waals surface area contributed by atoms with E-state index in [1.807, 2.05) is 13.8 Å². The molecular weight excluding hydrogens is 216 g/mol. The summed E-state index contributed by atoms with van der Waals surface area (Å²) in [5.41, 5.74) is 1.06. The highest BCUT2D eigenvalue weighted by atomic mass is 16.3. The predicted octanol–water partition coefficient (Wildman–Crippen LogP) is 1.82. The molecule has 17 heavy (non-hydrogen) atoms. The molecule has 1 rings (SSSR count). The van der Waals surface area contributed by atoms with Gasteiger partial charge in [-0.25, -0.2) is 9.97 Å². The predicted molar refractivity (Wildman–Crippen MR) is 70.5 cm³/mol. The van der Waals surface area contributed by atoms with Gasteiger partial charge in [-0.3, -0.25) is 0 Å². The average molecular weight is 238 g/mol. The highest BCUT2D eigenvalue weighted by Gasteiger charge is 2.15. The smallest absolute Gasteiger partial charge is 0.135 e. The lowest BCUT2D eigenvalue weighted by atomic mass is 10.0. The Morgan fingerprint density at radius 1 is 1.24 bits per heavy atom. The van der Waals surface area contributed by atoms with Crippen molar-refractivity contribution >= 4 is 11.6 Å². The van der Waals surface area contributed by atoms with Crippen molar-refractivity contribution in [3.8, 4) is 0 Å². The molecule has 0 aliphatic rings. The normalized spacial score (nSPS) is 12.6. The Morgan fingerprint density at radius 3 is 2.41 bits per heavy atom. The SMILES string of the molecule is CCNc1ncnc(NC(C)CO)c1C(C)C. The molecule has 96 valence electrons. The molecule has 0 aromatic carbocycles. The van der Waals surface area contributed by atoms with Gasteiger partial charge in [-0.15, -0.1) is 0 Å². The lowest BCUT2D eigenvalue weighted by Crippen LogP contribution is -2.22. The first-order valence-corrected chi connectivity index (χ1v) is 6.06. The summed E-state index contributed by atoms with van der Waals surface area (Å²) in [6.07, 6.45) is 1.54. The zero-order valence-electron chi connectivity index (χ0n) is 11.0. The van der Waals surface area contributed by atoms with Crippen molar-refractivity contribution in [2.24, 2.45) is 0 Å². The number of anilines is 2. The summed E-state index contributed by atoms with van der Waals surface area (Å²) in [7, 11) is 0. The standard InChI is InChI=1S/C12H22N4O/c1-5-13-11-10(8(2)3)12(15-7-14-11)16-9(4)6-17/h7-9,17H,5-6H2,1-4H3,(H2,13,14,15,16). The van der Waals surface area contributed by atoms with E-state index in [1.165, 1.54) is 6.33 Å². The molecule has 1 atom stereocenters. The molecule has 5 heteroatoms. The van der Waals surface area contributed by atoms with Gasteiger partial charge in [0.25, 0.3) is 0 Å². The van der Waals surface area contributed by atoms with E-state index in [9.17, 15) is 0 Å². The van der Waals surface area contributed by atoms with Crippen molar-refractivity contribution in [3.63, 3.8) is 0 Å². The van der Waals surface area contributed by atoms with E-state index in [0.29, 0.717) is 5.92 Å². The quantitative estimate of drug-likeness (QED) is 0.705. The number of aliphatic hydroxyl groups is 1. The van der Waals surface area contributed by atoms with Gasteiger partial charge in [-0.05, 0) is 19.8 Å². The molecule has 0 spiro atoms. The van der Waals surface area contributed by atoms with Gasteiger partial charge < -0.3 is 15.7 Å². The molecule has 0 saturated carbocycles. The van der Waals surface area contributed by atoms with Crippen LogP contribution in [0.25, 0.3) is 0 Å². The fraction of sp³-hybridized carbons (Fsp3) is 0.667. The van der Waals surface area contributed by atoms with Crippen molar-refractivity contribution in [1.29, 1.82) is 0 Å². The van der Waals surface area contributed by atoms with Crippen LogP contribution >= 0.6 is 0 Å². The van der Waals surface area contributed by atoms with E-state index in [2.05, 4.69) is 34.4 Å². The molecule has 0 fully saturated rings. The summed E-state index contributed by atoms with van der Waals surface area (Å²) in [4.78, 5) is 8.52. The van der Waals surface area contributed by atoms with E-state index in [1.54, 1.807) is 0 Å². The van der Waals surface area contributed by atoms with Gasteiger partial charge >= 0.3 is 0 Å². The Hall–Kier alpha value is -1.36. The minimum atomic E-state index is -0.0168. The average Bonchev–Trinajstić information content (AvgIpc) is 2.29. The van der Waals surface area contributed by atoms with Crippen LogP contribution in [-0.2, 0) is 0 Å². The third-order valence-corrected chi connectivity index (χ3v) is 2.46. The minimum Gasteiger partial charge on any atom is -0.394 e. The lowest BCUT2D eigenvalue weighted by molar-refractivity contribution is 0.281. The fourth-order valence-electron chi connectivity index (χ4n) is 1.64. The van der Waals surface area contributed by atoms with Crippen LogP contribution in [-0.4, -0.2) is 34.3 Å². The number of rotatable bonds is 6. The molecule has 1 aromatic rings. The molecule has 1 unspecified atom stereocenters. The Bertz CT molecular complexity index is 354. The van der Waals surface area contributed by atoms with Gasteiger partial charge in [0.05, 0.1) is 6.61 Å². The summed E-state index contributed by atoms with van der Waals surface area (Å²) in [6, 6.07) is -0.0168. The number of hydrogen-bond donors (Lipinski definition) is 3. The molecule has 1 aromatic heterocycles. The second-order valence-electron chi connectivity index (χ2n) is 4.40. The first-order chi connectivity index (χ1) is 8.10. The Morgan fingerprint density at radius 2 is 1.88 bits per heavy atom. The largest absolute Gasteiger partial charge is 0.394 e. The molecule has 1 heterocycles. The molecule has 0 aliphatic heterocycles. The van der Waals surface area contributed by atoms with Gasteiger partial charge in [-0.1, -0.05) is 13.8 Å². The van der Waals surface area contributed by atoms with Crippen LogP contribution < -0.4 is 10.6 Å². The summed E-state index contributed by atoms with van der Waals surface area (Å²) >= 11 is 0. The fourth-order valence-corrected chi connectivity index (χ4v) is 1.64. The Balaban J connectivity index is 3.06. The van der Waals surface area contributed by atoms with Crippen LogP contribution in [0.1, 0.15) is 39.2 Å². The zero-order valence-corrected chi connectivity index (χ0v) is 11.0. The van der Waals surface area contributed by atoms with Crippen molar-refractivity contribution in [2.45, 2.75) is 39.7 Å². The molecule has 3 N–H and O–H groups in total. The maximum absolute atomic E-state index is 9.08. The molecule has 5 nitrogen and oxygen atoms in total. The van der Waals surface area contributed by atoms with E-state index >= 15 is 0 Å². The lowest BCUT2D eigenvalue weighted by Gasteiger charge is -2.19.